The van der Waals surface area contributed by atoms with Crippen LogP contribution >= 0.6 is 0 Å². The highest BCUT2D eigenvalue weighted by Crippen LogP contribution is 2.42. The summed E-state index contributed by atoms with van der Waals surface area (Å²) in [7, 11) is 1.66. The van der Waals surface area contributed by atoms with Gasteiger partial charge in [0.1, 0.15) is 11.6 Å². The standard InChI is InChI=1S/C18H28FNO/c1-4-10-20-18(14-7-6-13(5-2)11-14)16-12-15(19)8-9-17(16)21-3/h8-9,12-14,18,20H,4-7,10-11H2,1-3H3. The van der Waals surface area contributed by atoms with Crippen LogP contribution in [-0.2, 0) is 0 Å². The second-order valence-electron chi connectivity index (χ2n) is 6.17. The molecular weight excluding hydrogens is 265 g/mol. The number of hydrogen-bond donors (Lipinski definition) is 1. The fourth-order valence-corrected chi connectivity index (χ4v) is 3.57. The fourth-order valence-electron chi connectivity index (χ4n) is 3.57. The molecule has 1 aromatic carbocycles. The average molecular weight is 293 g/mol. The molecule has 0 radical (unpaired) electrons. The second kappa shape index (κ2) is 7.79. The number of ether oxygens (including phenoxy) is 1. The van der Waals surface area contributed by atoms with Crippen molar-refractivity contribution in [2.45, 2.75) is 52.0 Å². The summed E-state index contributed by atoms with van der Waals surface area (Å²) < 4.78 is 19.2. The summed E-state index contributed by atoms with van der Waals surface area (Å²) >= 11 is 0. The number of benzene rings is 1. The molecule has 0 saturated heterocycles. The van der Waals surface area contributed by atoms with Crippen molar-refractivity contribution < 1.29 is 9.13 Å². The van der Waals surface area contributed by atoms with Crippen LogP contribution in [0.5, 0.6) is 5.75 Å². The van der Waals surface area contributed by atoms with Crippen LogP contribution in [0.25, 0.3) is 0 Å². The van der Waals surface area contributed by atoms with Crippen LogP contribution in [0.15, 0.2) is 18.2 Å². The van der Waals surface area contributed by atoms with Crippen molar-refractivity contribution in [3.05, 3.63) is 29.6 Å². The molecule has 1 fully saturated rings. The average Bonchev–Trinajstić information content (AvgIpc) is 2.97. The summed E-state index contributed by atoms with van der Waals surface area (Å²) in [5.41, 5.74) is 0.979. The van der Waals surface area contributed by atoms with Crippen LogP contribution in [0.3, 0.4) is 0 Å². The lowest BCUT2D eigenvalue weighted by Gasteiger charge is -2.27. The summed E-state index contributed by atoms with van der Waals surface area (Å²) in [5.74, 6) is 2.02. The van der Waals surface area contributed by atoms with Crippen LogP contribution in [0.4, 0.5) is 4.39 Å². The SMILES string of the molecule is CCCNC(c1cc(F)ccc1OC)C1CCC(CC)C1. The lowest BCUT2D eigenvalue weighted by molar-refractivity contribution is 0.334. The molecule has 1 aliphatic carbocycles. The van der Waals surface area contributed by atoms with Crippen LogP contribution < -0.4 is 10.1 Å². The zero-order valence-corrected chi connectivity index (χ0v) is 13.5. The Hall–Kier alpha value is -1.09. The van der Waals surface area contributed by atoms with Crippen LogP contribution in [-0.4, -0.2) is 13.7 Å². The zero-order valence-electron chi connectivity index (χ0n) is 13.5. The number of hydrogen-bond acceptors (Lipinski definition) is 2. The van der Waals surface area contributed by atoms with Crippen molar-refractivity contribution >= 4 is 0 Å². The predicted molar refractivity (Wildman–Crippen MR) is 85.1 cm³/mol. The van der Waals surface area contributed by atoms with Crippen molar-refractivity contribution in [2.75, 3.05) is 13.7 Å². The molecular formula is C18H28FNO. The third kappa shape index (κ3) is 3.97. The molecule has 1 aromatic rings. The molecule has 3 atom stereocenters. The van der Waals surface area contributed by atoms with Gasteiger partial charge in [0.25, 0.3) is 0 Å². The molecule has 1 saturated carbocycles. The predicted octanol–water partition coefficient (Wildman–Crippen LogP) is 4.70. The lowest BCUT2D eigenvalue weighted by atomic mass is 9.89. The van der Waals surface area contributed by atoms with Gasteiger partial charge in [0.05, 0.1) is 7.11 Å². The molecule has 3 unspecified atom stereocenters. The lowest BCUT2D eigenvalue weighted by Crippen LogP contribution is -2.28. The molecule has 2 rings (SSSR count). The fraction of sp³-hybridized carbons (Fsp3) is 0.667. The molecule has 2 nitrogen and oxygen atoms in total. The summed E-state index contributed by atoms with van der Waals surface area (Å²) in [4.78, 5) is 0. The molecule has 118 valence electrons. The minimum Gasteiger partial charge on any atom is -0.496 e. The molecule has 0 aliphatic heterocycles. The van der Waals surface area contributed by atoms with Crippen LogP contribution in [0.2, 0.25) is 0 Å². The first kappa shape index (κ1) is 16.3. The Morgan fingerprint density at radius 3 is 2.76 bits per heavy atom. The van der Waals surface area contributed by atoms with E-state index in [1.165, 1.54) is 31.7 Å². The smallest absolute Gasteiger partial charge is 0.123 e. The van der Waals surface area contributed by atoms with Gasteiger partial charge in [-0.1, -0.05) is 26.7 Å². The summed E-state index contributed by atoms with van der Waals surface area (Å²) in [6.45, 7) is 5.39. The first-order chi connectivity index (χ1) is 10.2. The van der Waals surface area contributed by atoms with E-state index in [1.807, 2.05) is 0 Å². The molecule has 0 heterocycles. The van der Waals surface area contributed by atoms with Crippen molar-refractivity contribution in [3.8, 4) is 5.75 Å². The maximum Gasteiger partial charge on any atom is 0.123 e. The summed E-state index contributed by atoms with van der Waals surface area (Å²) in [5, 5.41) is 3.63. The Morgan fingerprint density at radius 1 is 1.33 bits per heavy atom. The Morgan fingerprint density at radius 2 is 2.14 bits per heavy atom. The van der Waals surface area contributed by atoms with Crippen LogP contribution in [0, 0.1) is 17.7 Å². The third-order valence-corrected chi connectivity index (χ3v) is 4.77. The van der Waals surface area contributed by atoms with E-state index in [0.29, 0.717) is 5.92 Å². The van der Waals surface area contributed by atoms with Gasteiger partial charge in [-0.3, -0.25) is 0 Å². The van der Waals surface area contributed by atoms with Crippen molar-refractivity contribution in [2.24, 2.45) is 11.8 Å². The van der Waals surface area contributed by atoms with Crippen LogP contribution in [0.1, 0.15) is 57.6 Å². The normalized spacial score (nSPS) is 23.2. The van der Waals surface area contributed by atoms with Crippen molar-refractivity contribution in [1.29, 1.82) is 0 Å². The Kier molecular flexibility index (Phi) is 6.04. The highest BCUT2D eigenvalue weighted by molar-refractivity contribution is 5.37. The topological polar surface area (TPSA) is 21.3 Å². The van der Waals surface area contributed by atoms with Gasteiger partial charge in [-0.15, -0.1) is 0 Å². The van der Waals surface area contributed by atoms with E-state index in [2.05, 4.69) is 19.2 Å². The maximum absolute atomic E-state index is 13.7. The molecule has 3 heteroatoms. The number of methoxy groups -OCH3 is 1. The van der Waals surface area contributed by atoms with Gasteiger partial charge in [-0.25, -0.2) is 4.39 Å². The van der Waals surface area contributed by atoms with E-state index in [-0.39, 0.29) is 11.9 Å². The maximum atomic E-state index is 13.7. The Bertz CT molecular complexity index is 449. The molecule has 0 bridgehead atoms. The Labute approximate surface area is 128 Å². The molecule has 21 heavy (non-hydrogen) atoms. The highest BCUT2D eigenvalue weighted by Gasteiger charge is 2.32. The van der Waals surface area contributed by atoms with E-state index >= 15 is 0 Å². The molecule has 1 N–H and O–H groups in total. The van der Waals surface area contributed by atoms with E-state index < -0.39 is 0 Å². The monoisotopic (exact) mass is 293 g/mol. The molecule has 0 spiro atoms. The zero-order chi connectivity index (χ0) is 15.2. The van der Waals surface area contributed by atoms with E-state index in [0.717, 1.165) is 30.2 Å². The van der Waals surface area contributed by atoms with E-state index in [4.69, 9.17) is 4.74 Å². The summed E-state index contributed by atoms with van der Waals surface area (Å²) in [6.07, 6.45) is 6.08. The third-order valence-electron chi connectivity index (χ3n) is 4.77. The van der Waals surface area contributed by atoms with Gasteiger partial charge < -0.3 is 10.1 Å². The van der Waals surface area contributed by atoms with E-state index in [1.54, 1.807) is 19.2 Å². The number of nitrogens with one attached hydrogen (secondary N) is 1. The largest absolute Gasteiger partial charge is 0.496 e. The van der Waals surface area contributed by atoms with Gasteiger partial charge in [-0.2, -0.15) is 0 Å². The number of halogens is 1. The quantitative estimate of drug-likeness (QED) is 0.786. The first-order valence-corrected chi connectivity index (χ1v) is 8.26. The molecule has 0 aromatic heterocycles. The van der Waals surface area contributed by atoms with Crippen molar-refractivity contribution in [1.82, 2.24) is 5.32 Å². The van der Waals surface area contributed by atoms with Gasteiger partial charge in [0.15, 0.2) is 0 Å². The van der Waals surface area contributed by atoms with E-state index in [9.17, 15) is 4.39 Å². The summed E-state index contributed by atoms with van der Waals surface area (Å²) in [6, 6.07) is 5.07. The van der Waals surface area contributed by atoms with Gasteiger partial charge >= 0.3 is 0 Å². The van der Waals surface area contributed by atoms with Crippen molar-refractivity contribution in [3.63, 3.8) is 0 Å². The second-order valence-corrected chi connectivity index (χ2v) is 6.17. The molecule has 1 aliphatic rings. The number of rotatable bonds is 7. The first-order valence-electron chi connectivity index (χ1n) is 8.26. The highest BCUT2D eigenvalue weighted by atomic mass is 19.1. The van der Waals surface area contributed by atoms with Gasteiger partial charge in [-0.05, 0) is 55.8 Å². The minimum absolute atomic E-state index is 0.181. The van der Waals surface area contributed by atoms with Gasteiger partial charge in [0, 0.05) is 11.6 Å². The van der Waals surface area contributed by atoms with Gasteiger partial charge in [0.2, 0.25) is 0 Å². The molecule has 0 amide bonds. The Balaban J connectivity index is 2.25. The minimum atomic E-state index is -0.181.